The SMILES string of the molecule is Cc1onc(-c2c(Cl)cccc2Cl)c1C(=O)c1c[nH]c(C(=O)NCC2CCOC2)c1. The quantitative estimate of drug-likeness (QED) is 0.549. The lowest BCUT2D eigenvalue weighted by Gasteiger charge is -2.08. The smallest absolute Gasteiger partial charge is 0.267 e. The second-order valence-electron chi connectivity index (χ2n) is 7.13. The number of H-pyrrole nitrogens is 1. The van der Waals surface area contributed by atoms with Gasteiger partial charge in [0, 0.05) is 36.4 Å². The van der Waals surface area contributed by atoms with Crippen LogP contribution in [0.5, 0.6) is 0 Å². The number of hydrogen-bond acceptors (Lipinski definition) is 5. The number of amides is 1. The molecular weight excluding hydrogens is 429 g/mol. The molecule has 1 aliphatic heterocycles. The van der Waals surface area contributed by atoms with Crippen LogP contribution in [0.25, 0.3) is 11.3 Å². The van der Waals surface area contributed by atoms with Crippen LogP contribution in [-0.2, 0) is 4.74 Å². The maximum absolute atomic E-state index is 13.2. The third kappa shape index (κ3) is 4.01. The molecule has 9 heteroatoms. The largest absolute Gasteiger partial charge is 0.381 e. The van der Waals surface area contributed by atoms with Crippen molar-refractivity contribution in [3.63, 3.8) is 0 Å². The molecule has 1 aromatic carbocycles. The Hall–Kier alpha value is -2.61. The molecule has 1 aliphatic rings. The predicted octanol–water partition coefficient (Wildman–Crippen LogP) is 4.28. The number of rotatable bonds is 6. The van der Waals surface area contributed by atoms with E-state index in [0.29, 0.717) is 51.7 Å². The van der Waals surface area contributed by atoms with Crippen LogP contribution < -0.4 is 5.32 Å². The Kier molecular flexibility index (Phi) is 5.94. The Morgan fingerprint density at radius 3 is 2.77 bits per heavy atom. The van der Waals surface area contributed by atoms with E-state index >= 15 is 0 Å². The van der Waals surface area contributed by atoms with Crippen molar-refractivity contribution in [1.29, 1.82) is 0 Å². The van der Waals surface area contributed by atoms with E-state index in [2.05, 4.69) is 15.5 Å². The summed E-state index contributed by atoms with van der Waals surface area (Å²) >= 11 is 12.6. The number of carbonyl (C=O) groups excluding carboxylic acids is 2. The number of nitrogens with zero attached hydrogens (tertiary/aromatic N) is 1. The van der Waals surface area contributed by atoms with Crippen molar-refractivity contribution in [1.82, 2.24) is 15.5 Å². The molecule has 3 heterocycles. The Balaban J connectivity index is 1.57. The zero-order valence-electron chi connectivity index (χ0n) is 16.1. The van der Waals surface area contributed by atoms with Crippen LogP contribution in [0.1, 0.15) is 38.6 Å². The summed E-state index contributed by atoms with van der Waals surface area (Å²) in [6.07, 6.45) is 2.41. The number of aromatic nitrogens is 2. The fourth-order valence-corrected chi connectivity index (χ4v) is 3.99. The van der Waals surface area contributed by atoms with Crippen molar-refractivity contribution in [2.24, 2.45) is 5.92 Å². The fourth-order valence-electron chi connectivity index (χ4n) is 3.41. The summed E-state index contributed by atoms with van der Waals surface area (Å²) < 4.78 is 10.6. The Bertz CT molecular complexity index is 1080. The molecule has 0 saturated carbocycles. The summed E-state index contributed by atoms with van der Waals surface area (Å²) in [7, 11) is 0. The summed E-state index contributed by atoms with van der Waals surface area (Å²) in [4.78, 5) is 28.5. The number of aryl methyl sites for hydroxylation is 1. The Labute approximate surface area is 182 Å². The van der Waals surface area contributed by atoms with Gasteiger partial charge < -0.3 is 19.6 Å². The van der Waals surface area contributed by atoms with Crippen LogP contribution in [0.2, 0.25) is 10.0 Å². The minimum absolute atomic E-state index is 0.249. The van der Waals surface area contributed by atoms with Gasteiger partial charge in [-0.3, -0.25) is 9.59 Å². The molecule has 4 rings (SSSR count). The molecule has 1 atom stereocenters. The van der Waals surface area contributed by atoms with Gasteiger partial charge in [-0.1, -0.05) is 34.4 Å². The normalized spacial score (nSPS) is 16.0. The maximum atomic E-state index is 13.2. The molecule has 1 amide bonds. The highest BCUT2D eigenvalue weighted by molar-refractivity contribution is 6.39. The average molecular weight is 448 g/mol. The highest BCUT2D eigenvalue weighted by Gasteiger charge is 2.27. The molecule has 1 fully saturated rings. The summed E-state index contributed by atoms with van der Waals surface area (Å²) in [5, 5.41) is 7.58. The lowest BCUT2D eigenvalue weighted by Crippen LogP contribution is -2.29. The minimum atomic E-state index is -0.348. The Morgan fingerprint density at radius 2 is 2.07 bits per heavy atom. The molecule has 2 aromatic heterocycles. The highest BCUT2D eigenvalue weighted by atomic mass is 35.5. The summed E-state index contributed by atoms with van der Waals surface area (Å²) in [5.41, 5.74) is 1.54. The number of carbonyl (C=O) groups is 2. The molecule has 156 valence electrons. The van der Waals surface area contributed by atoms with Crippen molar-refractivity contribution in [2.75, 3.05) is 19.8 Å². The van der Waals surface area contributed by atoms with Crippen LogP contribution in [0, 0.1) is 12.8 Å². The van der Waals surface area contributed by atoms with Crippen LogP contribution in [0.4, 0.5) is 0 Å². The Morgan fingerprint density at radius 1 is 1.30 bits per heavy atom. The highest BCUT2D eigenvalue weighted by Crippen LogP contribution is 2.37. The number of hydrogen-bond donors (Lipinski definition) is 2. The first kappa shape index (κ1) is 20.7. The predicted molar refractivity (Wildman–Crippen MR) is 112 cm³/mol. The van der Waals surface area contributed by atoms with Gasteiger partial charge in [-0.25, -0.2) is 0 Å². The van der Waals surface area contributed by atoms with Crippen LogP contribution in [-0.4, -0.2) is 41.6 Å². The molecule has 30 heavy (non-hydrogen) atoms. The molecule has 1 saturated heterocycles. The fraction of sp³-hybridized carbons (Fsp3) is 0.286. The van der Waals surface area contributed by atoms with E-state index in [1.807, 2.05) is 0 Å². The number of ether oxygens (including phenoxy) is 1. The lowest BCUT2D eigenvalue weighted by molar-refractivity contribution is 0.0940. The van der Waals surface area contributed by atoms with Crippen LogP contribution in [0.3, 0.4) is 0 Å². The topological polar surface area (TPSA) is 97.2 Å². The molecule has 0 aliphatic carbocycles. The van der Waals surface area contributed by atoms with Crippen molar-refractivity contribution in [3.8, 4) is 11.3 Å². The van der Waals surface area contributed by atoms with Crippen LogP contribution >= 0.6 is 23.2 Å². The van der Waals surface area contributed by atoms with E-state index in [9.17, 15) is 9.59 Å². The van der Waals surface area contributed by atoms with E-state index < -0.39 is 0 Å². The lowest BCUT2D eigenvalue weighted by atomic mass is 9.99. The van der Waals surface area contributed by atoms with Gasteiger partial charge in [0.2, 0.25) is 0 Å². The first-order valence-corrected chi connectivity index (χ1v) is 10.2. The van der Waals surface area contributed by atoms with Crippen molar-refractivity contribution < 1.29 is 18.8 Å². The van der Waals surface area contributed by atoms with Gasteiger partial charge in [0.15, 0.2) is 5.78 Å². The molecule has 0 spiro atoms. The molecule has 0 bridgehead atoms. The van der Waals surface area contributed by atoms with Gasteiger partial charge in [-0.15, -0.1) is 0 Å². The zero-order chi connectivity index (χ0) is 21.3. The van der Waals surface area contributed by atoms with E-state index in [1.165, 1.54) is 12.3 Å². The molecule has 2 N–H and O–H groups in total. The molecular formula is C21H19Cl2N3O4. The molecule has 0 radical (unpaired) electrons. The van der Waals surface area contributed by atoms with Crippen molar-refractivity contribution in [3.05, 3.63) is 63.1 Å². The van der Waals surface area contributed by atoms with Crippen LogP contribution in [0.15, 0.2) is 35.0 Å². The number of nitrogens with one attached hydrogen (secondary N) is 2. The zero-order valence-corrected chi connectivity index (χ0v) is 17.6. The van der Waals surface area contributed by atoms with Gasteiger partial charge in [0.05, 0.1) is 22.2 Å². The molecule has 3 aromatic rings. The first-order chi connectivity index (χ1) is 14.5. The van der Waals surface area contributed by atoms with Gasteiger partial charge in [0.1, 0.15) is 17.1 Å². The standard InChI is InChI=1S/C21H19Cl2N3O4/c1-11-17(19(26-30-11)18-14(22)3-2-4-15(18)23)20(27)13-7-16(24-9-13)21(28)25-8-12-5-6-29-10-12/h2-4,7,9,12,24H,5-6,8,10H2,1H3,(H,25,28). The third-order valence-electron chi connectivity index (χ3n) is 5.05. The van der Waals surface area contributed by atoms with E-state index in [-0.39, 0.29) is 22.9 Å². The number of halogens is 2. The van der Waals surface area contributed by atoms with Gasteiger partial charge in [0.25, 0.3) is 5.91 Å². The van der Waals surface area contributed by atoms with Gasteiger partial charge in [-0.05, 0) is 31.5 Å². The monoisotopic (exact) mass is 447 g/mol. The third-order valence-corrected chi connectivity index (χ3v) is 5.68. The molecule has 7 nitrogen and oxygen atoms in total. The summed E-state index contributed by atoms with van der Waals surface area (Å²) in [6, 6.07) is 6.54. The van der Waals surface area contributed by atoms with E-state index in [1.54, 1.807) is 25.1 Å². The van der Waals surface area contributed by atoms with E-state index in [4.69, 9.17) is 32.5 Å². The van der Waals surface area contributed by atoms with Crippen molar-refractivity contribution >= 4 is 34.9 Å². The van der Waals surface area contributed by atoms with E-state index in [0.717, 1.165) is 13.0 Å². The van der Waals surface area contributed by atoms with Gasteiger partial charge >= 0.3 is 0 Å². The minimum Gasteiger partial charge on any atom is -0.381 e. The number of ketones is 1. The summed E-state index contributed by atoms with van der Waals surface area (Å²) in [5.74, 6) is 0.0172. The number of aromatic amines is 1. The second-order valence-corrected chi connectivity index (χ2v) is 7.94. The molecule has 1 unspecified atom stereocenters. The number of benzene rings is 1. The van der Waals surface area contributed by atoms with Gasteiger partial charge in [-0.2, -0.15) is 0 Å². The average Bonchev–Trinajstić information content (AvgIpc) is 3.47. The second kappa shape index (κ2) is 8.63. The maximum Gasteiger partial charge on any atom is 0.267 e. The first-order valence-electron chi connectivity index (χ1n) is 9.45. The van der Waals surface area contributed by atoms with Crippen molar-refractivity contribution in [2.45, 2.75) is 13.3 Å². The summed E-state index contributed by atoms with van der Waals surface area (Å²) in [6.45, 7) is 3.53.